The summed E-state index contributed by atoms with van der Waals surface area (Å²) in [6.45, 7) is 7.33. The lowest BCUT2D eigenvalue weighted by Gasteiger charge is -2.11. The van der Waals surface area contributed by atoms with Crippen molar-refractivity contribution in [3.63, 3.8) is 0 Å². The van der Waals surface area contributed by atoms with Crippen molar-refractivity contribution in [1.29, 1.82) is 0 Å². The molecule has 0 unspecified atom stereocenters. The SMILES string of the molecule is COC(=O)CCCCCCCCCCCCCCCn1c(C)nc2nc(Cl)nc(SC(C)C)c21. The number of methoxy groups -OCH3 is 1. The number of carbonyl (C=O) groups is 1. The fraction of sp³-hybridized carbons (Fsp3) is 0.769. The molecule has 2 aromatic rings. The third kappa shape index (κ3) is 10.5. The normalized spacial score (nSPS) is 11.6. The number of rotatable bonds is 18. The van der Waals surface area contributed by atoms with Crippen molar-refractivity contribution in [3.8, 4) is 0 Å². The van der Waals surface area contributed by atoms with E-state index in [2.05, 4.69) is 38.1 Å². The first-order valence-electron chi connectivity index (χ1n) is 13.1. The van der Waals surface area contributed by atoms with Gasteiger partial charge in [-0.3, -0.25) is 4.79 Å². The van der Waals surface area contributed by atoms with E-state index in [1.165, 1.54) is 71.3 Å². The van der Waals surface area contributed by atoms with E-state index < -0.39 is 0 Å². The molecular formula is C26H43ClN4O2S. The van der Waals surface area contributed by atoms with Crippen molar-refractivity contribution >= 4 is 40.5 Å². The van der Waals surface area contributed by atoms with Crippen molar-refractivity contribution in [2.24, 2.45) is 0 Å². The molecule has 2 heterocycles. The molecule has 0 saturated carbocycles. The van der Waals surface area contributed by atoms with Crippen LogP contribution in [0.5, 0.6) is 0 Å². The standard InChI is InChI=1S/C26H43ClN4O2S/c1-20(2)34-25-23-24(29-26(27)30-25)28-21(3)31(23)19-17-15-13-11-9-7-5-6-8-10-12-14-16-18-22(32)33-4/h20H,5-19H2,1-4H3. The van der Waals surface area contributed by atoms with Crippen LogP contribution in [-0.2, 0) is 16.1 Å². The molecule has 0 aliphatic rings. The first-order valence-corrected chi connectivity index (χ1v) is 14.3. The second-order valence-corrected chi connectivity index (χ2v) is 11.3. The Hall–Kier alpha value is -1.34. The number of aryl methyl sites for hydroxylation is 2. The van der Waals surface area contributed by atoms with Crippen molar-refractivity contribution in [1.82, 2.24) is 19.5 Å². The number of esters is 1. The van der Waals surface area contributed by atoms with E-state index in [0.29, 0.717) is 17.3 Å². The molecular weight excluding hydrogens is 468 g/mol. The largest absolute Gasteiger partial charge is 0.469 e. The first-order chi connectivity index (χ1) is 16.4. The number of unbranched alkanes of at least 4 members (excludes halogenated alkanes) is 12. The molecule has 0 bridgehead atoms. The maximum atomic E-state index is 11.1. The topological polar surface area (TPSA) is 69.9 Å². The zero-order valence-corrected chi connectivity index (χ0v) is 23.1. The zero-order valence-electron chi connectivity index (χ0n) is 21.6. The first kappa shape index (κ1) is 28.9. The van der Waals surface area contributed by atoms with Crippen molar-refractivity contribution in [3.05, 3.63) is 11.1 Å². The average molecular weight is 511 g/mol. The Labute approximate surface area is 215 Å². The van der Waals surface area contributed by atoms with Crippen LogP contribution in [0.3, 0.4) is 0 Å². The molecule has 8 heteroatoms. The van der Waals surface area contributed by atoms with Gasteiger partial charge in [0.25, 0.3) is 0 Å². The molecule has 34 heavy (non-hydrogen) atoms. The van der Waals surface area contributed by atoms with E-state index >= 15 is 0 Å². The number of aromatic nitrogens is 4. The van der Waals surface area contributed by atoms with Crippen LogP contribution in [0.2, 0.25) is 5.28 Å². The molecule has 2 aromatic heterocycles. The van der Waals surface area contributed by atoms with E-state index in [9.17, 15) is 4.79 Å². The Morgan fingerprint density at radius 2 is 1.41 bits per heavy atom. The van der Waals surface area contributed by atoms with Crippen LogP contribution in [-0.4, -0.2) is 37.8 Å². The van der Waals surface area contributed by atoms with Gasteiger partial charge in [0.05, 0.1) is 7.11 Å². The number of carbonyl (C=O) groups excluding carboxylic acids is 1. The van der Waals surface area contributed by atoms with E-state index in [0.717, 1.165) is 42.2 Å². The van der Waals surface area contributed by atoms with Crippen LogP contribution in [0, 0.1) is 6.92 Å². The Balaban J connectivity index is 1.55. The van der Waals surface area contributed by atoms with Gasteiger partial charge < -0.3 is 9.30 Å². The Bertz CT molecular complexity index is 872. The molecule has 0 fully saturated rings. The fourth-order valence-electron chi connectivity index (χ4n) is 4.25. The van der Waals surface area contributed by atoms with Crippen LogP contribution in [0.1, 0.15) is 110 Å². The number of halogens is 1. The van der Waals surface area contributed by atoms with E-state index in [1.54, 1.807) is 11.8 Å². The van der Waals surface area contributed by atoms with Gasteiger partial charge in [0.2, 0.25) is 5.28 Å². The summed E-state index contributed by atoms with van der Waals surface area (Å²) in [6.07, 6.45) is 16.9. The van der Waals surface area contributed by atoms with E-state index in [-0.39, 0.29) is 11.3 Å². The monoisotopic (exact) mass is 510 g/mol. The molecule has 0 aliphatic heterocycles. The summed E-state index contributed by atoms with van der Waals surface area (Å²) >= 11 is 7.85. The van der Waals surface area contributed by atoms with Gasteiger partial charge in [-0.25, -0.2) is 9.97 Å². The van der Waals surface area contributed by atoms with Gasteiger partial charge >= 0.3 is 5.97 Å². The second kappa shape index (κ2) is 16.4. The Morgan fingerprint density at radius 3 is 1.94 bits per heavy atom. The predicted octanol–water partition coefficient (Wildman–Crippen LogP) is 7.92. The van der Waals surface area contributed by atoms with Gasteiger partial charge in [0.1, 0.15) is 16.4 Å². The predicted molar refractivity (Wildman–Crippen MR) is 143 cm³/mol. The van der Waals surface area contributed by atoms with Gasteiger partial charge in [0.15, 0.2) is 5.65 Å². The third-order valence-corrected chi connectivity index (χ3v) is 7.22. The highest BCUT2D eigenvalue weighted by Gasteiger charge is 2.17. The molecule has 0 spiro atoms. The van der Waals surface area contributed by atoms with Crippen LogP contribution >= 0.6 is 23.4 Å². The van der Waals surface area contributed by atoms with Crippen LogP contribution < -0.4 is 0 Å². The zero-order chi connectivity index (χ0) is 24.8. The van der Waals surface area contributed by atoms with Crippen molar-refractivity contribution < 1.29 is 9.53 Å². The highest BCUT2D eigenvalue weighted by Crippen LogP contribution is 2.30. The van der Waals surface area contributed by atoms with Crippen molar-refractivity contribution in [2.75, 3.05) is 7.11 Å². The molecule has 192 valence electrons. The summed E-state index contributed by atoms with van der Waals surface area (Å²) in [5.74, 6) is 0.904. The summed E-state index contributed by atoms with van der Waals surface area (Å²) in [7, 11) is 1.46. The number of ether oxygens (including phenoxy) is 1. The molecule has 2 rings (SSSR count). The summed E-state index contributed by atoms with van der Waals surface area (Å²) in [6, 6.07) is 0. The minimum Gasteiger partial charge on any atom is -0.469 e. The summed E-state index contributed by atoms with van der Waals surface area (Å²) < 4.78 is 6.94. The second-order valence-electron chi connectivity index (χ2n) is 9.37. The smallest absolute Gasteiger partial charge is 0.305 e. The quantitative estimate of drug-likeness (QED) is 0.0666. The van der Waals surface area contributed by atoms with Gasteiger partial charge in [-0.05, 0) is 31.4 Å². The average Bonchev–Trinajstić information content (AvgIpc) is 3.10. The highest BCUT2D eigenvalue weighted by atomic mass is 35.5. The molecule has 0 saturated heterocycles. The number of imidazole rings is 1. The summed E-state index contributed by atoms with van der Waals surface area (Å²) in [5.41, 5.74) is 1.74. The Kier molecular flexibility index (Phi) is 13.9. The lowest BCUT2D eigenvalue weighted by molar-refractivity contribution is -0.140. The van der Waals surface area contributed by atoms with Crippen LogP contribution in [0.25, 0.3) is 11.2 Å². The fourth-order valence-corrected chi connectivity index (χ4v) is 5.37. The Morgan fingerprint density at radius 1 is 0.882 bits per heavy atom. The number of hydrogen-bond donors (Lipinski definition) is 0. The number of thioether (sulfide) groups is 1. The molecule has 0 aromatic carbocycles. The van der Waals surface area contributed by atoms with E-state index in [4.69, 9.17) is 11.6 Å². The highest BCUT2D eigenvalue weighted by molar-refractivity contribution is 8.00. The summed E-state index contributed by atoms with van der Waals surface area (Å²) in [5, 5.41) is 1.64. The minimum atomic E-state index is -0.0832. The van der Waals surface area contributed by atoms with Crippen molar-refractivity contribution in [2.45, 2.75) is 127 Å². The molecule has 0 amide bonds. The maximum absolute atomic E-state index is 11.1. The third-order valence-electron chi connectivity index (χ3n) is 6.07. The minimum absolute atomic E-state index is 0.0832. The number of nitrogens with zero attached hydrogens (tertiary/aromatic N) is 4. The molecule has 0 N–H and O–H groups in total. The molecule has 0 aliphatic carbocycles. The van der Waals surface area contributed by atoms with Gasteiger partial charge in [-0.15, -0.1) is 11.8 Å². The number of fused-ring (bicyclic) bond motifs is 1. The number of hydrogen-bond acceptors (Lipinski definition) is 6. The lowest BCUT2D eigenvalue weighted by Crippen LogP contribution is -2.03. The van der Waals surface area contributed by atoms with Crippen LogP contribution in [0.15, 0.2) is 5.03 Å². The summed E-state index contributed by atoms with van der Waals surface area (Å²) in [4.78, 5) is 24.5. The van der Waals surface area contributed by atoms with Gasteiger partial charge in [0, 0.05) is 18.2 Å². The van der Waals surface area contributed by atoms with Crippen LogP contribution in [0.4, 0.5) is 0 Å². The van der Waals surface area contributed by atoms with E-state index in [1.807, 2.05) is 6.92 Å². The molecule has 6 nitrogen and oxygen atoms in total. The van der Waals surface area contributed by atoms with Gasteiger partial charge in [-0.1, -0.05) is 84.5 Å². The maximum Gasteiger partial charge on any atom is 0.305 e. The lowest BCUT2D eigenvalue weighted by atomic mass is 10.0. The van der Waals surface area contributed by atoms with Gasteiger partial charge in [-0.2, -0.15) is 4.98 Å². The molecule has 0 radical (unpaired) electrons. The molecule has 0 atom stereocenters.